The van der Waals surface area contributed by atoms with Gasteiger partial charge in [-0.05, 0) is 31.2 Å². The van der Waals surface area contributed by atoms with Crippen molar-refractivity contribution in [1.29, 1.82) is 0 Å². The summed E-state index contributed by atoms with van der Waals surface area (Å²) in [5, 5.41) is 7.18. The molecule has 1 aromatic heterocycles. The van der Waals surface area contributed by atoms with E-state index in [2.05, 4.69) is 15.6 Å². The standard InChI is InChI=1S/C14H17N3O2/c1-19-13-4-2-3-11-10(13)7-12(17-11)14(18)16-9-5-6-15-8-9/h2-4,7,9,15,17H,5-6,8H2,1H3,(H,16,18). The summed E-state index contributed by atoms with van der Waals surface area (Å²) in [5.74, 6) is 0.710. The number of carbonyl (C=O) groups excluding carboxylic acids is 1. The number of H-pyrrole nitrogens is 1. The zero-order valence-corrected chi connectivity index (χ0v) is 10.8. The Hall–Kier alpha value is -2.01. The van der Waals surface area contributed by atoms with Crippen LogP contribution in [0.4, 0.5) is 0 Å². The molecule has 5 heteroatoms. The van der Waals surface area contributed by atoms with Gasteiger partial charge in [0.15, 0.2) is 0 Å². The number of carbonyl (C=O) groups is 1. The van der Waals surface area contributed by atoms with Crippen molar-refractivity contribution in [2.24, 2.45) is 0 Å². The fourth-order valence-electron chi connectivity index (χ4n) is 2.47. The molecule has 3 rings (SSSR count). The van der Waals surface area contributed by atoms with Gasteiger partial charge < -0.3 is 20.4 Å². The molecule has 0 spiro atoms. The van der Waals surface area contributed by atoms with Gasteiger partial charge >= 0.3 is 0 Å². The van der Waals surface area contributed by atoms with Gasteiger partial charge in [-0.25, -0.2) is 0 Å². The van der Waals surface area contributed by atoms with E-state index < -0.39 is 0 Å². The van der Waals surface area contributed by atoms with Crippen molar-refractivity contribution in [2.45, 2.75) is 12.5 Å². The Kier molecular flexibility index (Phi) is 3.13. The first-order chi connectivity index (χ1) is 9.28. The summed E-state index contributed by atoms with van der Waals surface area (Å²) in [6, 6.07) is 7.79. The van der Waals surface area contributed by atoms with Crippen LogP contribution in [-0.4, -0.2) is 37.1 Å². The van der Waals surface area contributed by atoms with E-state index in [1.54, 1.807) is 7.11 Å². The van der Waals surface area contributed by atoms with E-state index in [1.807, 2.05) is 24.3 Å². The third-order valence-electron chi connectivity index (χ3n) is 3.48. The van der Waals surface area contributed by atoms with Crippen LogP contribution in [0.5, 0.6) is 5.75 Å². The summed E-state index contributed by atoms with van der Waals surface area (Å²) < 4.78 is 5.29. The van der Waals surface area contributed by atoms with Crippen LogP contribution in [0, 0.1) is 0 Å². The predicted molar refractivity (Wildman–Crippen MR) is 73.6 cm³/mol. The quantitative estimate of drug-likeness (QED) is 0.777. The van der Waals surface area contributed by atoms with Crippen molar-refractivity contribution in [3.05, 3.63) is 30.0 Å². The topological polar surface area (TPSA) is 66.2 Å². The molecule has 1 saturated heterocycles. The van der Waals surface area contributed by atoms with Gasteiger partial charge in [-0.2, -0.15) is 0 Å². The van der Waals surface area contributed by atoms with Crippen LogP contribution >= 0.6 is 0 Å². The van der Waals surface area contributed by atoms with E-state index >= 15 is 0 Å². The molecule has 1 amide bonds. The number of fused-ring (bicyclic) bond motifs is 1. The average molecular weight is 259 g/mol. The van der Waals surface area contributed by atoms with Crippen LogP contribution in [0.15, 0.2) is 24.3 Å². The SMILES string of the molecule is COc1cccc2[nH]c(C(=O)NC3CCNC3)cc12. The smallest absolute Gasteiger partial charge is 0.267 e. The first-order valence-corrected chi connectivity index (χ1v) is 6.45. The number of benzene rings is 1. The number of ether oxygens (including phenoxy) is 1. The van der Waals surface area contributed by atoms with Gasteiger partial charge in [0.1, 0.15) is 11.4 Å². The zero-order chi connectivity index (χ0) is 13.2. The van der Waals surface area contributed by atoms with Gasteiger partial charge in [0.25, 0.3) is 5.91 Å². The Morgan fingerprint density at radius 3 is 3.11 bits per heavy atom. The monoisotopic (exact) mass is 259 g/mol. The minimum absolute atomic E-state index is 0.0630. The van der Waals surface area contributed by atoms with Gasteiger partial charge in [0.05, 0.1) is 7.11 Å². The van der Waals surface area contributed by atoms with Gasteiger partial charge in [-0.1, -0.05) is 6.07 Å². The highest BCUT2D eigenvalue weighted by Gasteiger charge is 2.19. The van der Waals surface area contributed by atoms with Crippen molar-refractivity contribution in [2.75, 3.05) is 20.2 Å². The Labute approximate surface area is 111 Å². The van der Waals surface area contributed by atoms with E-state index in [0.717, 1.165) is 36.2 Å². The normalized spacial score (nSPS) is 18.7. The third-order valence-corrected chi connectivity index (χ3v) is 3.48. The fourth-order valence-corrected chi connectivity index (χ4v) is 2.47. The summed E-state index contributed by atoms with van der Waals surface area (Å²) in [4.78, 5) is 15.3. The summed E-state index contributed by atoms with van der Waals surface area (Å²) in [6.07, 6.45) is 0.981. The molecule has 1 unspecified atom stereocenters. The van der Waals surface area contributed by atoms with Crippen molar-refractivity contribution >= 4 is 16.8 Å². The molecule has 5 nitrogen and oxygen atoms in total. The second kappa shape index (κ2) is 4.93. The van der Waals surface area contributed by atoms with Gasteiger partial charge in [-0.3, -0.25) is 4.79 Å². The van der Waals surface area contributed by atoms with Gasteiger partial charge in [0.2, 0.25) is 0 Å². The van der Waals surface area contributed by atoms with Crippen LogP contribution in [0.2, 0.25) is 0 Å². The molecule has 1 fully saturated rings. The molecule has 3 N–H and O–H groups in total. The first-order valence-electron chi connectivity index (χ1n) is 6.45. The van der Waals surface area contributed by atoms with Crippen LogP contribution in [0.3, 0.4) is 0 Å². The van der Waals surface area contributed by atoms with E-state index in [-0.39, 0.29) is 11.9 Å². The molecule has 1 aromatic carbocycles. The minimum Gasteiger partial charge on any atom is -0.496 e. The van der Waals surface area contributed by atoms with Crippen LogP contribution in [0.25, 0.3) is 10.9 Å². The minimum atomic E-state index is -0.0630. The number of rotatable bonds is 3. The molecular weight excluding hydrogens is 242 g/mol. The molecule has 19 heavy (non-hydrogen) atoms. The molecule has 0 aliphatic carbocycles. The molecule has 0 radical (unpaired) electrons. The number of nitrogens with one attached hydrogen (secondary N) is 3. The van der Waals surface area contributed by atoms with Crippen LogP contribution in [0.1, 0.15) is 16.9 Å². The highest BCUT2D eigenvalue weighted by molar-refractivity contribution is 5.99. The highest BCUT2D eigenvalue weighted by Crippen LogP contribution is 2.25. The van der Waals surface area contributed by atoms with E-state index in [9.17, 15) is 4.79 Å². The lowest BCUT2D eigenvalue weighted by atomic mass is 10.2. The molecule has 100 valence electrons. The lowest BCUT2D eigenvalue weighted by molar-refractivity contribution is 0.0936. The molecule has 0 bridgehead atoms. The van der Waals surface area contributed by atoms with E-state index in [1.165, 1.54) is 0 Å². The van der Waals surface area contributed by atoms with Crippen molar-refractivity contribution < 1.29 is 9.53 Å². The molecule has 1 aliphatic rings. The molecular formula is C14H17N3O2. The number of hydrogen-bond acceptors (Lipinski definition) is 3. The largest absolute Gasteiger partial charge is 0.496 e. The lowest BCUT2D eigenvalue weighted by Crippen LogP contribution is -2.36. The Morgan fingerprint density at radius 1 is 1.47 bits per heavy atom. The average Bonchev–Trinajstić information content (AvgIpc) is 3.06. The van der Waals surface area contributed by atoms with Crippen LogP contribution in [-0.2, 0) is 0 Å². The van der Waals surface area contributed by atoms with Crippen molar-refractivity contribution in [3.63, 3.8) is 0 Å². The molecule has 1 aliphatic heterocycles. The lowest BCUT2D eigenvalue weighted by Gasteiger charge is -2.09. The second-order valence-corrected chi connectivity index (χ2v) is 4.77. The summed E-state index contributed by atoms with van der Waals surface area (Å²) in [6.45, 7) is 1.81. The first kappa shape index (κ1) is 12.0. The summed E-state index contributed by atoms with van der Waals surface area (Å²) in [7, 11) is 1.63. The zero-order valence-electron chi connectivity index (χ0n) is 10.8. The predicted octanol–water partition coefficient (Wildman–Crippen LogP) is 1.27. The maximum absolute atomic E-state index is 12.2. The number of methoxy groups -OCH3 is 1. The number of aromatic nitrogens is 1. The van der Waals surface area contributed by atoms with E-state index in [0.29, 0.717) is 5.69 Å². The number of amides is 1. The van der Waals surface area contributed by atoms with Gasteiger partial charge in [0, 0.05) is 23.5 Å². The highest BCUT2D eigenvalue weighted by atomic mass is 16.5. The number of aromatic amines is 1. The summed E-state index contributed by atoms with van der Waals surface area (Å²) in [5.41, 5.74) is 1.49. The maximum atomic E-state index is 12.2. The second-order valence-electron chi connectivity index (χ2n) is 4.77. The molecule has 1 atom stereocenters. The van der Waals surface area contributed by atoms with E-state index in [4.69, 9.17) is 4.74 Å². The Bertz CT molecular complexity index is 600. The van der Waals surface area contributed by atoms with Gasteiger partial charge in [-0.15, -0.1) is 0 Å². The third kappa shape index (κ3) is 2.29. The molecule has 0 saturated carbocycles. The Morgan fingerprint density at radius 2 is 2.37 bits per heavy atom. The maximum Gasteiger partial charge on any atom is 0.267 e. The Balaban J connectivity index is 1.86. The molecule has 2 heterocycles. The van der Waals surface area contributed by atoms with Crippen LogP contribution < -0.4 is 15.4 Å². The van der Waals surface area contributed by atoms with Crippen molar-refractivity contribution in [1.82, 2.24) is 15.6 Å². The van der Waals surface area contributed by atoms with Crippen molar-refractivity contribution in [3.8, 4) is 5.75 Å². The summed E-state index contributed by atoms with van der Waals surface area (Å²) >= 11 is 0. The number of hydrogen-bond donors (Lipinski definition) is 3. The molecule has 2 aromatic rings. The fraction of sp³-hybridized carbons (Fsp3) is 0.357.